The van der Waals surface area contributed by atoms with Gasteiger partial charge < -0.3 is 65.5 Å². The number of guanidine groups is 1. The Hall–Kier alpha value is -5.83. The van der Waals surface area contributed by atoms with Crippen LogP contribution < -0.4 is 60.6 Å². The van der Waals surface area contributed by atoms with E-state index in [0.717, 1.165) is 5.56 Å². The van der Waals surface area contributed by atoms with Gasteiger partial charge in [0.25, 0.3) is 0 Å². The molecule has 21 heteroatoms. The summed E-state index contributed by atoms with van der Waals surface area (Å²) in [6.45, 7) is 8.76. The van der Waals surface area contributed by atoms with Gasteiger partial charge in [-0.1, -0.05) is 44.2 Å². The van der Waals surface area contributed by atoms with Crippen LogP contribution in [0.3, 0.4) is 0 Å². The topological polar surface area (TPSA) is 354 Å². The van der Waals surface area contributed by atoms with Crippen LogP contribution >= 0.6 is 0 Å². The first-order valence-corrected chi connectivity index (χ1v) is 21.2. The van der Waals surface area contributed by atoms with Crippen molar-refractivity contribution in [3.05, 3.63) is 35.9 Å². The Morgan fingerprint density at radius 2 is 1.24 bits per heavy atom. The second kappa shape index (κ2) is 26.5. The number of hydrogen-bond donors (Lipinski definition) is 11. The average molecular weight is 872 g/mol. The fourth-order valence-corrected chi connectivity index (χ4v) is 6.74. The van der Waals surface area contributed by atoms with Crippen molar-refractivity contribution in [3.8, 4) is 0 Å². The molecule has 0 unspecified atom stereocenters. The molecule has 1 heterocycles. The highest BCUT2D eigenvalue weighted by atomic mass is 16.2. The molecule has 2 rings (SSSR count). The van der Waals surface area contributed by atoms with Crippen LogP contribution in [0.15, 0.2) is 35.3 Å². The van der Waals surface area contributed by atoms with Crippen LogP contribution in [0.4, 0.5) is 0 Å². The van der Waals surface area contributed by atoms with E-state index >= 15 is 0 Å². The van der Waals surface area contributed by atoms with Gasteiger partial charge in [0.15, 0.2) is 5.96 Å². The molecule has 0 radical (unpaired) electrons. The summed E-state index contributed by atoms with van der Waals surface area (Å²) in [5.74, 6) is -5.26. The molecule has 346 valence electrons. The Morgan fingerprint density at radius 3 is 1.79 bits per heavy atom. The third kappa shape index (κ3) is 18.0. The van der Waals surface area contributed by atoms with E-state index < -0.39 is 95.6 Å². The number of primary amides is 1. The number of nitrogens with one attached hydrogen (secondary N) is 6. The summed E-state index contributed by atoms with van der Waals surface area (Å²) in [5, 5.41) is 15.6. The second-order valence-corrected chi connectivity index (χ2v) is 16.1. The minimum atomic E-state index is -1.16. The highest BCUT2D eigenvalue weighted by molar-refractivity contribution is 5.97. The van der Waals surface area contributed by atoms with Gasteiger partial charge in [-0.3, -0.25) is 43.3 Å². The van der Waals surface area contributed by atoms with E-state index in [1.807, 2.05) is 44.2 Å². The van der Waals surface area contributed by atoms with E-state index in [9.17, 15) is 38.4 Å². The molecule has 8 atom stereocenters. The SMILES string of the molecule is CC(C)C[C@H](NC(=O)[C@@H]1CCCN1C(=O)[C@H](CCCCN)NC(=O)[C@@H](N)Cc1ccccc1)C(=O)N[C@@H](C)C(=O)N[C@@H](C)C(=O)N[C@H](C)C(=O)N[C@@H](CCCN=C(N)N)C(N)=O. The Labute approximate surface area is 363 Å². The quantitative estimate of drug-likeness (QED) is 0.0256. The molecule has 1 saturated heterocycles. The number of benzene rings is 1. The van der Waals surface area contributed by atoms with Crippen LogP contribution in [0.1, 0.15) is 91.5 Å². The van der Waals surface area contributed by atoms with Crippen molar-refractivity contribution in [2.24, 2.45) is 39.6 Å². The van der Waals surface area contributed by atoms with Crippen molar-refractivity contribution < 1.29 is 38.4 Å². The summed E-state index contributed by atoms with van der Waals surface area (Å²) in [7, 11) is 0. The maximum Gasteiger partial charge on any atom is 0.245 e. The van der Waals surface area contributed by atoms with Gasteiger partial charge in [-0.25, -0.2) is 0 Å². The molecule has 1 aliphatic heterocycles. The fourth-order valence-electron chi connectivity index (χ4n) is 6.74. The lowest BCUT2D eigenvalue weighted by molar-refractivity contribution is -0.142. The Balaban J connectivity index is 2.03. The third-order valence-corrected chi connectivity index (χ3v) is 10.2. The second-order valence-electron chi connectivity index (χ2n) is 16.1. The van der Waals surface area contributed by atoms with E-state index in [-0.39, 0.29) is 44.2 Å². The van der Waals surface area contributed by atoms with Gasteiger partial charge in [-0.15, -0.1) is 0 Å². The van der Waals surface area contributed by atoms with Crippen LogP contribution in [-0.2, 0) is 44.8 Å². The Morgan fingerprint density at radius 1 is 0.694 bits per heavy atom. The van der Waals surface area contributed by atoms with Crippen LogP contribution in [0.2, 0.25) is 0 Å². The summed E-state index contributed by atoms with van der Waals surface area (Å²) in [5.41, 5.74) is 28.8. The van der Waals surface area contributed by atoms with Crippen molar-refractivity contribution in [1.29, 1.82) is 0 Å². The fraction of sp³-hybridized carbons (Fsp3) is 0.634. The molecule has 1 aromatic rings. The maximum absolute atomic E-state index is 14.0. The number of nitrogens with zero attached hydrogens (tertiary/aromatic N) is 2. The number of unbranched alkanes of at least 4 members (excludes halogenated alkanes) is 1. The number of aliphatic imine (C=N–C) groups is 1. The van der Waals surface area contributed by atoms with Crippen molar-refractivity contribution in [2.45, 2.75) is 141 Å². The van der Waals surface area contributed by atoms with Crippen molar-refractivity contribution in [2.75, 3.05) is 19.6 Å². The van der Waals surface area contributed by atoms with Gasteiger partial charge in [0.05, 0.1) is 6.04 Å². The minimum Gasteiger partial charge on any atom is -0.370 e. The smallest absolute Gasteiger partial charge is 0.245 e. The number of carbonyl (C=O) groups excluding carboxylic acids is 8. The van der Waals surface area contributed by atoms with Crippen molar-refractivity contribution in [1.82, 2.24) is 36.8 Å². The van der Waals surface area contributed by atoms with Gasteiger partial charge in [0.2, 0.25) is 47.3 Å². The lowest BCUT2D eigenvalue weighted by atomic mass is 10.0. The Bertz CT molecular complexity index is 1710. The molecule has 0 spiro atoms. The number of likely N-dealkylation sites (tertiary alicyclic amines) is 1. The minimum absolute atomic E-state index is 0.0652. The number of amides is 8. The van der Waals surface area contributed by atoms with E-state index in [4.69, 9.17) is 28.7 Å². The monoisotopic (exact) mass is 872 g/mol. The predicted molar refractivity (Wildman–Crippen MR) is 233 cm³/mol. The molecule has 0 aliphatic carbocycles. The molecule has 0 aromatic heterocycles. The molecule has 1 aliphatic rings. The Kier molecular flexibility index (Phi) is 22.4. The molecule has 0 saturated carbocycles. The summed E-state index contributed by atoms with van der Waals surface area (Å²) in [6.07, 6.45) is 3.28. The zero-order valence-electron chi connectivity index (χ0n) is 36.6. The van der Waals surface area contributed by atoms with Gasteiger partial charge in [0, 0.05) is 13.1 Å². The van der Waals surface area contributed by atoms with Gasteiger partial charge in [0.1, 0.15) is 42.3 Å². The molecule has 21 nitrogen and oxygen atoms in total. The zero-order valence-corrected chi connectivity index (χ0v) is 36.6. The first-order valence-electron chi connectivity index (χ1n) is 21.2. The molecule has 1 fully saturated rings. The lowest BCUT2D eigenvalue weighted by Gasteiger charge is -2.31. The van der Waals surface area contributed by atoms with Crippen LogP contribution in [0, 0.1) is 5.92 Å². The highest BCUT2D eigenvalue weighted by Gasteiger charge is 2.39. The third-order valence-electron chi connectivity index (χ3n) is 10.2. The molecular weight excluding hydrogens is 803 g/mol. The summed E-state index contributed by atoms with van der Waals surface area (Å²) < 4.78 is 0. The van der Waals surface area contributed by atoms with Crippen molar-refractivity contribution >= 4 is 53.2 Å². The number of carbonyl (C=O) groups is 8. The first-order chi connectivity index (χ1) is 29.2. The maximum atomic E-state index is 14.0. The summed E-state index contributed by atoms with van der Waals surface area (Å²) in [6, 6.07) is 0.939. The number of hydrogen-bond acceptors (Lipinski definition) is 11. The molecule has 16 N–H and O–H groups in total. The summed E-state index contributed by atoms with van der Waals surface area (Å²) >= 11 is 0. The number of rotatable bonds is 26. The normalized spacial score (nSPS) is 16.9. The molecule has 8 amide bonds. The first kappa shape index (κ1) is 52.3. The van der Waals surface area contributed by atoms with E-state index in [2.05, 4.69) is 36.9 Å². The zero-order chi connectivity index (χ0) is 46.5. The van der Waals surface area contributed by atoms with Crippen molar-refractivity contribution in [3.63, 3.8) is 0 Å². The van der Waals surface area contributed by atoms with Crippen LogP contribution in [-0.4, -0.2) is 126 Å². The van der Waals surface area contributed by atoms with E-state index in [0.29, 0.717) is 45.1 Å². The average Bonchev–Trinajstić information content (AvgIpc) is 3.71. The standard InChI is InChI=1S/C41H69N13O8/c1-23(2)21-31(38(60)50-25(4)35(57)48-24(3)34(56)49-26(5)36(58)51-29(33(44)55)16-11-19-47-41(45)46)53-39(61)32-17-12-20-54(32)40(62)30(15-9-10-18-42)52-37(59)28(43)22-27-13-7-6-8-14-27/h6-8,13-14,23-26,28-32H,9-12,15-22,42-43H2,1-5H3,(H2,44,55)(H,48,57)(H,49,56)(H,50,60)(H,51,58)(H,52,59)(H,53,61)(H4,45,46,47)/t24-,25-,26+,28-,29-,30-,31-,32-/m0/s1. The molecule has 0 bridgehead atoms. The number of nitrogens with two attached hydrogens (primary N) is 5. The molecule has 62 heavy (non-hydrogen) atoms. The molecule has 1 aromatic carbocycles. The van der Waals surface area contributed by atoms with Crippen LogP contribution in [0.5, 0.6) is 0 Å². The molecular formula is C41H69N13O8. The largest absolute Gasteiger partial charge is 0.370 e. The van der Waals surface area contributed by atoms with E-state index in [1.165, 1.54) is 25.7 Å². The highest BCUT2D eigenvalue weighted by Crippen LogP contribution is 2.21. The summed E-state index contributed by atoms with van der Waals surface area (Å²) in [4.78, 5) is 111. The van der Waals surface area contributed by atoms with E-state index in [1.54, 1.807) is 0 Å². The van der Waals surface area contributed by atoms with Gasteiger partial charge in [-0.2, -0.15) is 0 Å². The van der Waals surface area contributed by atoms with Crippen LogP contribution in [0.25, 0.3) is 0 Å². The lowest BCUT2D eigenvalue weighted by Crippen LogP contribution is -2.59. The van der Waals surface area contributed by atoms with Gasteiger partial charge >= 0.3 is 0 Å². The predicted octanol–water partition coefficient (Wildman–Crippen LogP) is -2.77. The van der Waals surface area contributed by atoms with Gasteiger partial charge in [-0.05, 0) is 96.6 Å².